The molecule has 1 aromatic carbocycles. The van der Waals surface area contributed by atoms with Crippen LogP contribution in [0, 0.1) is 13.8 Å². The second kappa shape index (κ2) is 9.45. The Morgan fingerprint density at radius 2 is 1.94 bits per heavy atom. The number of nitrogens with zero attached hydrogens (tertiary/aromatic N) is 4. The number of nitrogens with one attached hydrogen (secondary N) is 1. The number of aryl methyl sites for hydroxylation is 1. The summed E-state index contributed by atoms with van der Waals surface area (Å²) in [6.45, 7) is 7.27. The Balaban J connectivity index is 1.55. The summed E-state index contributed by atoms with van der Waals surface area (Å²) in [6.07, 6.45) is 4.57. The lowest BCUT2D eigenvalue weighted by molar-refractivity contribution is 0.0698. The van der Waals surface area contributed by atoms with Gasteiger partial charge in [-0.2, -0.15) is 0 Å². The second-order valence-electron chi connectivity index (χ2n) is 9.43. The molecule has 4 aromatic rings. The Kier molecular flexibility index (Phi) is 6.18. The van der Waals surface area contributed by atoms with E-state index in [2.05, 4.69) is 15.2 Å². The fourth-order valence-electron chi connectivity index (χ4n) is 5.03. The summed E-state index contributed by atoms with van der Waals surface area (Å²) in [6, 6.07) is 14.5. The van der Waals surface area contributed by atoms with Gasteiger partial charge >= 0.3 is 5.97 Å². The van der Waals surface area contributed by atoms with Crippen LogP contribution >= 0.6 is 0 Å². The number of anilines is 2. The second-order valence-corrected chi connectivity index (χ2v) is 9.43. The van der Waals surface area contributed by atoms with Crippen LogP contribution in [0.1, 0.15) is 58.0 Å². The number of pyridine rings is 2. The molecule has 0 amide bonds. The molecule has 0 spiro atoms. The molecule has 1 aliphatic heterocycles. The third-order valence-corrected chi connectivity index (χ3v) is 6.88. The summed E-state index contributed by atoms with van der Waals surface area (Å²) in [5.74, 6) is -0.0127. The molecule has 5 rings (SSSR count). The first-order chi connectivity index (χ1) is 17.3. The van der Waals surface area contributed by atoms with Gasteiger partial charge in [0.15, 0.2) is 0 Å². The first kappa shape index (κ1) is 23.5. The summed E-state index contributed by atoms with van der Waals surface area (Å²) in [4.78, 5) is 36.9. The minimum atomic E-state index is -0.997. The number of para-hydroxylation sites is 1. The zero-order chi connectivity index (χ0) is 25.4. The molecule has 36 heavy (non-hydrogen) atoms. The fraction of sp³-hybridized carbons (Fsp3) is 0.286. The SMILES string of the molecule is Cc1cc([C@@H](C)Nc2ccccc2C(=O)O)c2nc(N3CCC(c4ccccn4)C3)c(C)c(=O)n2c1. The van der Waals surface area contributed by atoms with E-state index in [9.17, 15) is 14.7 Å². The predicted octanol–water partition coefficient (Wildman–Crippen LogP) is 4.57. The Labute approximate surface area is 209 Å². The number of carboxylic acids is 1. The number of benzene rings is 1. The van der Waals surface area contributed by atoms with Crippen molar-refractivity contribution in [2.24, 2.45) is 0 Å². The minimum absolute atomic E-state index is 0.0978. The van der Waals surface area contributed by atoms with Gasteiger partial charge in [0, 0.05) is 48.3 Å². The van der Waals surface area contributed by atoms with Crippen molar-refractivity contribution in [3.8, 4) is 0 Å². The van der Waals surface area contributed by atoms with Gasteiger partial charge < -0.3 is 15.3 Å². The van der Waals surface area contributed by atoms with Crippen LogP contribution in [0.5, 0.6) is 0 Å². The van der Waals surface area contributed by atoms with Crippen molar-refractivity contribution in [1.82, 2.24) is 14.4 Å². The molecule has 8 heteroatoms. The average Bonchev–Trinajstić information content (AvgIpc) is 3.37. The number of fused-ring (bicyclic) bond motifs is 1. The van der Waals surface area contributed by atoms with Crippen molar-refractivity contribution in [3.05, 3.63) is 99.2 Å². The van der Waals surface area contributed by atoms with Crippen molar-refractivity contribution in [2.45, 2.75) is 39.2 Å². The van der Waals surface area contributed by atoms with E-state index in [1.807, 2.05) is 57.4 Å². The Bertz CT molecular complexity index is 1500. The Morgan fingerprint density at radius 1 is 1.17 bits per heavy atom. The highest BCUT2D eigenvalue weighted by Gasteiger charge is 2.28. The van der Waals surface area contributed by atoms with Crippen molar-refractivity contribution in [1.29, 1.82) is 0 Å². The van der Waals surface area contributed by atoms with Gasteiger partial charge in [0.05, 0.1) is 17.2 Å². The molecule has 1 saturated heterocycles. The number of rotatable bonds is 6. The molecule has 0 bridgehead atoms. The molecular weight excluding hydrogens is 454 g/mol. The summed E-state index contributed by atoms with van der Waals surface area (Å²) in [5.41, 5.74) is 4.60. The van der Waals surface area contributed by atoms with Gasteiger partial charge in [-0.3, -0.25) is 14.2 Å². The molecule has 0 saturated carbocycles. The van der Waals surface area contributed by atoms with Gasteiger partial charge in [-0.1, -0.05) is 18.2 Å². The van der Waals surface area contributed by atoms with Crippen molar-refractivity contribution < 1.29 is 9.90 Å². The zero-order valence-corrected chi connectivity index (χ0v) is 20.6. The predicted molar refractivity (Wildman–Crippen MR) is 140 cm³/mol. The highest BCUT2D eigenvalue weighted by atomic mass is 16.4. The normalized spacial score (nSPS) is 16.3. The molecule has 1 unspecified atom stereocenters. The number of aromatic carboxylic acids is 1. The van der Waals surface area contributed by atoms with Gasteiger partial charge in [-0.15, -0.1) is 0 Å². The first-order valence-corrected chi connectivity index (χ1v) is 12.1. The molecule has 1 fully saturated rings. The Hall–Kier alpha value is -4.20. The van der Waals surface area contributed by atoms with Crippen LogP contribution in [0.4, 0.5) is 11.5 Å². The van der Waals surface area contributed by atoms with Crippen molar-refractivity contribution in [2.75, 3.05) is 23.3 Å². The van der Waals surface area contributed by atoms with E-state index in [1.165, 1.54) is 0 Å². The van der Waals surface area contributed by atoms with E-state index in [-0.39, 0.29) is 23.1 Å². The van der Waals surface area contributed by atoms with Crippen molar-refractivity contribution in [3.63, 3.8) is 0 Å². The number of hydrogen-bond acceptors (Lipinski definition) is 6. The third-order valence-electron chi connectivity index (χ3n) is 6.88. The van der Waals surface area contributed by atoms with E-state index in [1.54, 1.807) is 28.7 Å². The lowest BCUT2D eigenvalue weighted by Gasteiger charge is -2.23. The van der Waals surface area contributed by atoms with Crippen LogP contribution in [0.25, 0.3) is 5.65 Å². The van der Waals surface area contributed by atoms with E-state index in [0.717, 1.165) is 36.3 Å². The van der Waals surface area contributed by atoms with Gasteiger partial charge in [0.2, 0.25) is 0 Å². The Morgan fingerprint density at radius 3 is 2.69 bits per heavy atom. The van der Waals surface area contributed by atoms with E-state index in [4.69, 9.17) is 4.98 Å². The summed E-state index contributed by atoms with van der Waals surface area (Å²) >= 11 is 0. The maximum Gasteiger partial charge on any atom is 0.337 e. The fourth-order valence-corrected chi connectivity index (χ4v) is 5.03. The lowest BCUT2D eigenvalue weighted by atomic mass is 10.0. The molecule has 1 aliphatic rings. The van der Waals surface area contributed by atoms with Gasteiger partial charge in [-0.05, 0) is 63.1 Å². The van der Waals surface area contributed by atoms with Crippen LogP contribution in [0.15, 0.2) is 65.7 Å². The van der Waals surface area contributed by atoms with E-state index >= 15 is 0 Å². The molecule has 0 aliphatic carbocycles. The number of aromatic nitrogens is 3. The summed E-state index contributed by atoms with van der Waals surface area (Å²) < 4.78 is 1.61. The van der Waals surface area contributed by atoms with Crippen LogP contribution in [-0.2, 0) is 0 Å². The number of carbonyl (C=O) groups is 1. The molecule has 3 aromatic heterocycles. The standard InChI is InChI=1S/C28H29N5O3/c1-17-14-22(19(3)30-24-10-5-4-8-21(24)28(35)36)26-31-25(18(2)27(34)33(26)15-17)32-13-11-20(16-32)23-9-6-7-12-29-23/h4-10,12,14-15,19-20,30H,11,13,16H2,1-3H3,(H,35,36)/t19-,20?/m1/s1. The third kappa shape index (κ3) is 4.30. The van der Waals surface area contributed by atoms with Crippen molar-refractivity contribution >= 4 is 23.1 Å². The molecular formula is C28H29N5O3. The van der Waals surface area contributed by atoms with E-state index in [0.29, 0.717) is 22.7 Å². The van der Waals surface area contributed by atoms with Crippen LogP contribution in [0.3, 0.4) is 0 Å². The minimum Gasteiger partial charge on any atom is -0.478 e. The van der Waals surface area contributed by atoms with Gasteiger partial charge in [0.25, 0.3) is 5.56 Å². The van der Waals surface area contributed by atoms with E-state index < -0.39 is 5.97 Å². The lowest BCUT2D eigenvalue weighted by Crippen LogP contribution is -2.28. The quantitative estimate of drug-likeness (QED) is 0.414. The van der Waals surface area contributed by atoms with Crippen LogP contribution < -0.4 is 15.8 Å². The molecule has 184 valence electrons. The van der Waals surface area contributed by atoms with Crippen LogP contribution in [0.2, 0.25) is 0 Å². The molecule has 4 heterocycles. The highest BCUT2D eigenvalue weighted by molar-refractivity contribution is 5.94. The summed E-state index contributed by atoms with van der Waals surface area (Å²) in [5, 5.41) is 12.9. The maximum atomic E-state index is 13.5. The highest BCUT2D eigenvalue weighted by Crippen LogP contribution is 2.31. The van der Waals surface area contributed by atoms with Crippen LogP contribution in [-0.4, -0.2) is 38.5 Å². The van der Waals surface area contributed by atoms with Gasteiger partial charge in [-0.25, -0.2) is 9.78 Å². The number of hydrogen-bond donors (Lipinski definition) is 2. The first-order valence-electron chi connectivity index (χ1n) is 12.1. The zero-order valence-electron chi connectivity index (χ0n) is 20.6. The maximum absolute atomic E-state index is 13.5. The monoisotopic (exact) mass is 483 g/mol. The molecule has 2 N–H and O–H groups in total. The molecule has 2 atom stereocenters. The molecule has 8 nitrogen and oxygen atoms in total. The largest absolute Gasteiger partial charge is 0.478 e. The summed E-state index contributed by atoms with van der Waals surface area (Å²) in [7, 11) is 0. The average molecular weight is 484 g/mol. The smallest absolute Gasteiger partial charge is 0.337 e. The molecule has 0 radical (unpaired) electrons. The topological polar surface area (TPSA) is 99.8 Å². The number of carboxylic acid groups (broad SMARTS) is 1. The van der Waals surface area contributed by atoms with Gasteiger partial charge in [0.1, 0.15) is 11.5 Å².